The first-order valence-electron chi connectivity index (χ1n) is 10.3. The minimum absolute atomic E-state index is 0.181. The number of amides is 1. The summed E-state index contributed by atoms with van der Waals surface area (Å²) in [4.78, 5) is 27.0. The molecule has 33 heavy (non-hydrogen) atoms. The Morgan fingerprint density at radius 1 is 0.970 bits per heavy atom. The fourth-order valence-corrected chi connectivity index (χ4v) is 5.93. The van der Waals surface area contributed by atoms with Crippen molar-refractivity contribution in [1.82, 2.24) is 5.32 Å². The van der Waals surface area contributed by atoms with Gasteiger partial charge in [-0.1, -0.05) is 67.7 Å². The van der Waals surface area contributed by atoms with Crippen LogP contribution in [0.5, 0.6) is 0 Å². The first-order chi connectivity index (χ1) is 15.9. The van der Waals surface area contributed by atoms with Crippen molar-refractivity contribution in [1.29, 1.82) is 0 Å². The van der Waals surface area contributed by atoms with Crippen molar-refractivity contribution in [3.63, 3.8) is 0 Å². The van der Waals surface area contributed by atoms with Crippen LogP contribution in [0.1, 0.15) is 28.7 Å². The number of rotatable bonds is 3. The molecule has 0 aromatic heterocycles. The third-order valence-corrected chi connectivity index (χ3v) is 7.86. The lowest BCUT2D eigenvalue weighted by molar-refractivity contribution is -0.143. The lowest BCUT2D eigenvalue weighted by atomic mass is 9.63. The number of carbonyl (C=O) groups excluding carboxylic acids is 2. The van der Waals surface area contributed by atoms with E-state index < -0.39 is 29.4 Å². The molecular weight excluding hydrogens is 572 g/mol. The highest BCUT2D eigenvalue weighted by atomic mass is 79.9. The van der Waals surface area contributed by atoms with Gasteiger partial charge in [0.05, 0.1) is 13.2 Å². The summed E-state index contributed by atoms with van der Waals surface area (Å²) >= 11 is 13.4. The monoisotopic (exact) mass is 588 g/mol. The number of methoxy groups -OCH3 is 1. The van der Waals surface area contributed by atoms with E-state index in [1.807, 2.05) is 60.7 Å². The number of halogens is 3. The van der Waals surface area contributed by atoms with E-state index in [2.05, 4.69) is 42.5 Å². The smallest absolute Gasteiger partial charge is 0.323 e. The van der Waals surface area contributed by atoms with Gasteiger partial charge in [-0.05, 0) is 59.2 Å². The maximum atomic E-state index is 14.0. The molecule has 1 saturated heterocycles. The standard InChI is InChI=1S/C25H19Br2ClN2O3/c1-33-23(31)21-20(13-2-6-15(26)7-3-13)25(22(30-21)14-4-8-16(27)9-5-14)18-12-17(28)10-11-19(18)29-24(25)32/h2-12,20-22,30H,1H3,(H,29,32)/t20-,21+,22+,25+/m0/s1. The Hall–Kier alpha value is -2.19. The minimum atomic E-state index is -1.12. The molecule has 2 aliphatic heterocycles. The van der Waals surface area contributed by atoms with Gasteiger partial charge in [0.25, 0.3) is 0 Å². The second-order valence-corrected chi connectivity index (χ2v) is 10.5. The third-order valence-electron chi connectivity index (χ3n) is 6.56. The summed E-state index contributed by atoms with van der Waals surface area (Å²) in [6.07, 6.45) is 0. The van der Waals surface area contributed by atoms with Crippen molar-refractivity contribution in [3.05, 3.63) is 97.4 Å². The molecule has 0 unspecified atom stereocenters. The molecule has 1 spiro atoms. The molecule has 5 rings (SSSR count). The van der Waals surface area contributed by atoms with Gasteiger partial charge in [-0.15, -0.1) is 0 Å². The van der Waals surface area contributed by atoms with Crippen LogP contribution in [0.4, 0.5) is 5.69 Å². The van der Waals surface area contributed by atoms with E-state index in [-0.39, 0.29) is 5.91 Å². The lowest BCUT2D eigenvalue weighted by Crippen LogP contribution is -2.44. The van der Waals surface area contributed by atoms with Gasteiger partial charge < -0.3 is 10.1 Å². The molecule has 0 saturated carbocycles. The van der Waals surface area contributed by atoms with Gasteiger partial charge in [0.15, 0.2) is 0 Å². The topological polar surface area (TPSA) is 67.4 Å². The van der Waals surface area contributed by atoms with Crippen molar-refractivity contribution in [2.45, 2.75) is 23.4 Å². The van der Waals surface area contributed by atoms with Crippen LogP contribution in [-0.2, 0) is 19.7 Å². The molecule has 4 atom stereocenters. The molecule has 8 heteroatoms. The average Bonchev–Trinajstić information content (AvgIpc) is 3.31. The molecule has 2 aliphatic rings. The number of benzene rings is 3. The molecule has 0 aliphatic carbocycles. The van der Waals surface area contributed by atoms with Crippen LogP contribution in [0, 0.1) is 0 Å². The van der Waals surface area contributed by atoms with Crippen LogP contribution in [0.25, 0.3) is 0 Å². The summed E-state index contributed by atoms with van der Waals surface area (Å²) < 4.78 is 7.02. The molecule has 2 N–H and O–H groups in total. The fraction of sp³-hybridized carbons (Fsp3) is 0.200. The largest absolute Gasteiger partial charge is 0.468 e. The van der Waals surface area contributed by atoms with Gasteiger partial charge in [-0.2, -0.15) is 0 Å². The van der Waals surface area contributed by atoms with Crippen molar-refractivity contribution < 1.29 is 14.3 Å². The van der Waals surface area contributed by atoms with E-state index in [1.165, 1.54) is 7.11 Å². The van der Waals surface area contributed by atoms with Gasteiger partial charge in [0.1, 0.15) is 11.5 Å². The van der Waals surface area contributed by atoms with Crippen LogP contribution in [0.15, 0.2) is 75.7 Å². The zero-order chi connectivity index (χ0) is 23.3. The van der Waals surface area contributed by atoms with Gasteiger partial charge in [0.2, 0.25) is 5.91 Å². The summed E-state index contributed by atoms with van der Waals surface area (Å²) in [5, 5.41) is 7.03. The Balaban J connectivity index is 1.82. The molecule has 1 amide bonds. The molecule has 168 valence electrons. The van der Waals surface area contributed by atoms with E-state index >= 15 is 0 Å². The quantitative estimate of drug-likeness (QED) is 0.383. The second kappa shape index (κ2) is 8.55. The maximum absolute atomic E-state index is 14.0. The van der Waals surface area contributed by atoms with E-state index in [0.29, 0.717) is 10.7 Å². The average molecular weight is 591 g/mol. The second-order valence-electron chi connectivity index (χ2n) is 8.19. The fourth-order valence-electron chi connectivity index (χ4n) is 5.23. The first kappa shape index (κ1) is 22.6. The molecule has 1 fully saturated rings. The highest BCUT2D eigenvalue weighted by molar-refractivity contribution is 9.10. The summed E-state index contributed by atoms with van der Waals surface area (Å²) in [6, 6.07) is 19.6. The number of ether oxygens (including phenoxy) is 1. The predicted octanol–water partition coefficient (Wildman–Crippen LogP) is 5.72. The predicted molar refractivity (Wildman–Crippen MR) is 134 cm³/mol. The SMILES string of the molecule is COC(=O)[C@@H]1N[C@H](c2ccc(Br)cc2)[C@]2(C(=O)Nc3ccc(Cl)cc32)[C@H]1c1ccc(Br)cc1. The van der Waals surface area contributed by atoms with Gasteiger partial charge >= 0.3 is 5.97 Å². The Morgan fingerprint density at radius 2 is 1.58 bits per heavy atom. The third kappa shape index (κ3) is 3.53. The van der Waals surface area contributed by atoms with Crippen LogP contribution >= 0.6 is 43.5 Å². The molecule has 0 bridgehead atoms. The first-order valence-corrected chi connectivity index (χ1v) is 12.3. The van der Waals surface area contributed by atoms with Gasteiger partial charge in [0, 0.05) is 25.6 Å². The van der Waals surface area contributed by atoms with Gasteiger partial charge in [-0.3, -0.25) is 14.9 Å². The molecular formula is C25H19Br2ClN2O3. The number of nitrogens with one attached hydrogen (secondary N) is 2. The lowest BCUT2D eigenvalue weighted by Gasteiger charge is -2.35. The summed E-state index contributed by atoms with van der Waals surface area (Å²) in [7, 11) is 1.36. The highest BCUT2D eigenvalue weighted by Gasteiger charge is 2.66. The van der Waals surface area contributed by atoms with Crippen LogP contribution in [-0.4, -0.2) is 25.0 Å². The Morgan fingerprint density at radius 3 is 2.18 bits per heavy atom. The van der Waals surface area contributed by atoms with Crippen molar-refractivity contribution in [2.24, 2.45) is 0 Å². The summed E-state index contributed by atoms with van der Waals surface area (Å²) in [5.74, 6) is -1.14. The number of esters is 1. The van der Waals surface area contributed by atoms with Crippen LogP contribution < -0.4 is 10.6 Å². The number of anilines is 1. The normalized spacial score (nSPS) is 25.7. The zero-order valence-corrected chi connectivity index (χ0v) is 21.4. The molecule has 3 aromatic rings. The number of hydrogen-bond acceptors (Lipinski definition) is 4. The van der Waals surface area contributed by atoms with E-state index in [4.69, 9.17) is 16.3 Å². The minimum Gasteiger partial charge on any atom is -0.468 e. The van der Waals surface area contributed by atoms with Crippen molar-refractivity contribution in [2.75, 3.05) is 12.4 Å². The summed E-state index contributed by atoms with van der Waals surface area (Å²) in [5.41, 5.74) is 2.07. The Bertz CT molecular complexity index is 1250. The van der Waals surface area contributed by atoms with Crippen LogP contribution in [0.3, 0.4) is 0 Å². The van der Waals surface area contributed by atoms with Crippen LogP contribution in [0.2, 0.25) is 5.02 Å². The number of hydrogen-bond donors (Lipinski definition) is 2. The zero-order valence-electron chi connectivity index (χ0n) is 17.4. The molecule has 2 heterocycles. The van der Waals surface area contributed by atoms with Crippen molar-refractivity contribution in [3.8, 4) is 0 Å². The van der Waals surface area contributed by atoms with E-state index in [1.54, 1.807) is 6.07 Å². The van der Waals surface area contributed by atoms with E-state index in [9.17, 15) is 9.59 Å². The van der Waals surface area contributed by atoms with Gasteiger partial charge in [-0.25, -0.2) is 0 Å². The Kier molecular flexibility index (Phi) is 5.85. The van der Waals surface area contributed by atoms with Crippen molar-refractivity contribution >= 4 is 61.0 Å². The molecule has 3 aromatic carbocycles. The number of carbonyl (C=O) groups is 2. The number of fused-ring (bicyclic) bond motifs is 2. The highest BCUT2D eigenvalue weighted by Crippen LogP contribution is 2.59. The molecule has 0 radical (unpaired) electrons. The molecule has 5 nitrogen and oxygen atoms in total. The maximum Gasteiger partial charge on any atom is 0.323 e. The Labute approximate surface area is 213 Å². The summed E-state index contributed by atoms with van der Waals surface area (Å²) in [6.45, 7) is 0. The van der Waals surface area contributed by atoms with E-state index in [0.717, 1.165) is 25.6 Å².